The minimum absolute atomic E-state index is 0.147. The van der Waals surface area contributed by atoms with Crippen LogP contribution in [0.4, 0.5) is 0 Å². The first-order valence-electron chi connectivity index (χ1n) is 9.14. The zero-order valence-corrected chi connectivity index (χ0v) is 16.2. The SMILES string of the molecule is CSc1nc2nc(C)c(CCC(=O)NC3CCCCCC3)c(C)n2n1. The van der Waals surface area contributed by atoms with Crippen molar-refractivity contribution >= 4 is 23.4 Å². The summed E-state index contributed by atoms with van der Waals surface area (Å²) in [5, 5.41) is 8.41. The second-order valence-corrected chi connectivity index (χ2v) is 7.60. The fraction of sp³-hybridized carbons (Fsp3) is 0.667. The molecule has 0 atom stereocenters. The Hall–Kier alpha value is -1.63. The summed E-state index contributed by atoms with van der Waals surface area (Å²) in [5.41, 5.74) is 3.06. The lowest BCUT2D eigenvalue weighted by Gasteiger charge is -2.16. The van der Waals surface area contributed by atoms with Gasteiger partial charge in [0.1, 0.15) is 0 Å². The molecular formula is C18H27N5OS. The number of rotatable bonds is 5. The number of amides is 1. The molecule has 25 heavy (non-hydrogen) atoms. The molecule has 1 N–H and O–H groups in total. The first-order valence-corrected chi connectivity index (χ1v) is 10.4. The van der Waals surface area contributed by atoms with Crippen LogP contribution in [0.1, 0.15) is 61.9 Å². The van der Waals surface area contributed by atoms with Crippen LogP contribution < -0.4 is 5.32 Å². The van der Waals surface area contributed by atoms with Gasteiger partial charge in [-0.05, 0) is 44.9 Å². The predicted octanol–water partition coefficient (Wildman–Crippen LogP) is 3.23. The molecule has 6 nitrogen and oxygen atoms in total. The molecule has 1 amide bonds. The van der Waals surface area contributed by atoms with Crippen LogP contribution in [0.3, 0.4) is 0 Å². The van der Waals surface area contributed by atoms with Gasteiger partial charge in [-0.25, -0.2) is 9.50 Å². The molecule has 2 heterocycles. The number of carbonyl (C=O) groups is 1. The topological polar surface area (TPSA) is 72.2 Å². The summed E-state index contributed by atoms with van der Waals surface area (Å²) in [4.78, 5) is 21.3. The quantitative estimate of drug-likeness (QED) is 0.654. The van der Waals surface area contributed by atoms with Crippen molar-refractivity contribution in [2.24, 2.45) is 0 Å². The number of hydrogen-bond donors (Lipinski definition) is 1. The van der Waals surface area contributed by atoms with Gasteiger partial charge >= 0.3 is 0 Å². The van der Waals surface area contributed by atoms with Crippen molar-refractivity contribution in [3.8, 4) is 0 Å². The normalized spacial score (nSPS) is 16.1. The van der Waals surface area contributed by atoms with Crippen LogP contribution in [0, 0.1) is 13.8 Å². The molecule has 3 rings (SSSR count). The van der Waals surface area contributed by atoms with Gasteiger partial charge in [0.15, 0.2) is 0 Å². The Morgan fingerprint density at radius 2 is 1.92 bits per heavy atom. The molecular weight excluding hydrogens is 334 g/mol. The molecule has 1 saturated carbocycles. The standard InChI is InChI=1S/C18H27N5OS/c1-12-15(13(2)23-17(19-12)21-18(22-23)25-3)10-11-16(24)20-14-8-6-4-5-7-9-14/h14H,4-11H2,1-3H3,(H,20,24). The largest absolute Gasteiger partial charge is 0.353 e. The summed E-state index contributed by atoms with van der Waals surface area (Å²) >= 11 is 1.51. The Kier molecular flexibility index (Phi) is 5.93. The van der Waals surface area contributed by atoms with Gasteiger partial charge in [0.05, 0.1) is 0 Å². The maximum Gasteiger partial charge on any atom is 0.253 e. The molecule has 1 fully saturated rings. The molecule has 0 spiro atoms. The molecule has 2 aromatic heterocycles. The lowest BCUT2D eigenvalue weighted by Crippen LogP contribution is -2.34. The van der Waals surface area contributed by atoms with E-state index in [9.17, 15) is 4.79 Å². The maximum atomic E-state index is 12.4. The van der Waals surface area contributed by atoms with E-state index in [4.69, 9.17) is 0 Å². The number of aryl methyl sites for hydroxylation is 2. The van der Waals surface area contributed by atoms with Crippen molar-refractivity contribution in [1.82, 2.24) is 24.9 Å². The second kappa shape index (κ2) is 8.17. The van der Waals surface area contributed by atoms with Gasteiger partial charge in [-0.1, -0.05) is 37.4 Å². The van der Waals surface area contributed by atoms with Gasteiger partial charge in [0, 0.05) is 23.9 Å². The number of hydrogen-bond acceptors (Lipinski definition) is 5. The van der Waals surface area contributed by atoms with Gasteiger partial charge in [-0.15, -0.1) is 5.10 Å². The minimum atomic E-state index is 0.147. The van der Waals surface area contributed by atoms with E-state index in [1.807, 2.05) is 20.1 Å². The van der Waals surface area contributed by atoms with E-state index >= 15 is 0 Å². The highest BCUT2D eigenvalue weighted by Crippen LogP contribution is 2.19. The van der Waals surface area contributed by atoms with Crippen molar-refractivity contribution in [3.63, 3.8) is 0 Å². The fourth-order valence-corrected chi connectivity index (χ4v) is 3.94. The van der Waals surface area contributed by atoms with Crippen molar-refractivity contribution < 1.29 is 4.79 Å². The van der Waals surface area contributed by atoms with E-state index < -0.39 is 0 Å². The molecule has 0 aliphatic heterocycles. The second-order valence-electron chi connectivity index (χ2n) is 6.83. The Bertz CT molecular complexity index is 749. The van der Waals surface area contributed by atoms with E-state index in [0.29, 0.717) is 24.7 Å². The minimum Gasteiger partial charge on any atom is -0.353 e. The van der Waals surface area contributed by atoms with Crippen LogP contribution >= 0.6 is 11.8 Å². The molecule has 1 aliphatic rings. The van der Waals surface area contributed by atoms with Crippen LogP contribution in [-0.2, 0) is 11.2 Å². The first kappa shape index (κ1) is 18.2. The summed E-state index contributed by atoms with van der Waals surface area (Å²) in [6.07, 6.45) is 10.4. The lowest BCUT2D eigenvalue weighted by molar-refractivity contribution is -0.121. The Labute approximate surface area is 153 Å². The molecule has 0 bridgehead atoms. The summed E-state index contributed by atoms with van der Waals surface area (Å²) in [7, 11) is 0. The number of thioether (sulfide) groups is 1. The number of aromatic nitrogens is 4. The van der Waals surface area contributed by atoms with Crippen LogP contribution in [0.2, 0.25) is 0 Å². The van der Waals surface area contributed by atoms with E-state index in [-0.39, 0.29) is 5.91 Å². The molecule has 7 heteroatoms. The highest BCUT2D eigenvalue weighted by atomic mass is 32.2. The molecule has 2 aromatic rings. The lowest BCUT2D eigenvalue weighted by atomic mass is 10.1. The van der Waals surface area contributed by atoms with Gasteiger partial charge in [0.2, 0.25) is 11.1 Å². The highest BCUT2D eigenvalue weighted by molar-refractivity contribution is 7.98. The van der Waals surface area contributed by atoms with E-state index in [2.05, 4.69) is 20.4 Å². The average Bonchev–Trinajstić information content (AvgIpc) is 2.83. The molecule has 1 aliphatic carbocycles. The molecule has 0 aromatic carbocycles. The molecule has 0 unspecified atom stereocenters. The van der Waals surface area contributed by atoms with Gasteiger partial charge < -0.3 is 5.32 Å². The van der Waals surface area contributed by atoms with E-state index in [1.165, 1.54) is 37.4 Å². The number of nitrogens with zero attached hydrogens (tertiary/aromatic N) is 4. The first-order chi connectivity index (χ1) is 12.1. The molecule has 136 valence electrons. The summed E-state index contributed by atoms with van der Waals surface area (Å²) in [5.74, 6) is 0.778. The van der Waals surface area contributed by atoms with Gasteiger partial charge in [-0.3, -0.25) is 4.79 Å². The van der Waals surface area contributed by atoms with Crippen LogP contribution in [0.15, 0.2) is 5.16 Å². The van der Waals surface area contributed by atoms with E-state index in [1.54, 1.807) is 4.52 Å². The molecule has 0 radical (unpaired) electrons. The monoisotopic (exact) mass is 361 g/mol. The third-order valence-corrected chi connectivity index (χ3v) is 5.57. The highest BCUT2D eigenvalue weighted by Gasteiger charge is 2.17. The Morgan fingerprint density at radius 3 is 2.60 bits per heavy atom. The Balaban J connectivity index is 1.66. The Morgan fingerprint density at radius 1 is 1.20 bits per heavy atom. The van der Waals surface area contributed by atoms with Crippen LogP contribution in [0.25, 0.3) is 5.78 Å². The number of fused-ring (bicyclic) bond motifs is 1. The van der Waals surface area contributed by atoms with Crippen molar-refractivity contribution in [3.05, 3.63) is 17.0 Å². The molecule has 0 saturated heterocycles. The zero-order chi connectivity index (χ0) is 17.8. The van der Waals surface area contributed by atoms with Crippen LogP contribution in [0.5, 0.6) is 0 Å². The summed E-state index contributed by atoms with van der Waals surface area (Å²) < 4.78 is 1.79. The number of nitrogens with one attached hydrogen (secondary N) is 1. The zero-order valence-electron chi connectivity index (χ0n) is 15.3. The van der Waals surface area contributed by atoms with Crippen molar-refractivity contribution in [2.45, 2.75) is 76.4 Å². The number of carbonyl (C=O) groups excluding carboxylic acids is 1. The summed E-state index contributed by atoms with van der Waals surface area (Å²) in [6.45, 7) is 4.01. The summed E-state index contributed by atoms with van der Waals surface area (Å²) in [6, 6.07) is 0.359. The van der Waals surface area contributed by atoms with Gasteiger partial charge in [0.25, 0.3) is 5.78 Å². The van der Waals surface area contributed by atoms with E-state index in [0.717, 1.165) is 34.9 Å². The van der Waals surface area contributed by atoms with Crippen LogP contribution in [-0.4, -0.2) is 37.8 Å². The van der Waals surface area contributed by atoms with Crippen molar-refractivity contribution in [1.29, 1.82) is 0 Å². The smallest absolute Gasteiger partial charge is 0.253 e. The fourth-order valence-electron chi connectivity index (χ4n) is 3.60. The van der Waals surface area contributed by atoms with Gasteiger partial charge in [-0.2, -0.15) is 4.98 Å². The third kappa shape index (κ3) is 4.32. The maximum absolute atomic E-state index is 12.4. The average molecular weight is 362 g/mol. The third-order valence-electron chi connectivity index (χ3n) is 5.03. The predicted molar refractivity (Wildman–Crippen MR) is 100.0 cm³/mol. The van der Waals surface area contributed by atoms with Crippen molar-refractivity contribution in [2.75, 3.05) is 6.26 Å².